The molecule has 0 fully saturated rings. The van der Waals surface area contributed by atoms with E-state index in [1.807, 2.05) is 6.92 Å². The predicted octanol–water partition coefficient (Wildman–Crippen LogP) is 2.67. The van der Waals surface area contributed by atoms with Crippen LogP contribution >= 0.6 is 11.8 Å². The van der Waals surface area contributed by atoms with Crippen LogP contribution in [0, 0.1) is 6.92 Å². The van der Waals surface area contributed by atoms with Gasteiger partial charge < -0.3 is 0 Å². The van der Waals surface area contributed by atoms with Gasteiger partial charge in [0, 0.05) is 18.7 Å². The fraction of sp³-hybridized carbons (Fsp3) is 0.667. The van der Waals surface area contributed by atoms with Gasteiger partial charge in [-0.3, -0.25) is 0 Å². The molecule has 0 aliphatic heterocycles. The van der Waals surface area contributed by atoms with Crippen LogP contribution < -0.4 is 0 Å². The van der Waals surface area contributed by atoms with E-state index in [0.717, 1.165) is 0 Å². The minimum atomic E-state index is -4.91. The highest BCUT2D eigenvalue weighted by molar-refractivity contribution is 8.01. The monoisotopic (exact) mass is 165 g/mol. The van der Waals surface area contributed by atoms with Gasteiger partial charge in [0.2, 0.25) is 0 Å². The smallest absolute Gasteiger partial charge is 0.194 e. The Hall–Kier alpha value is -0.0000000000000000555. The second kappa shape index (κ2) is 2.32. The summed E-state index contributed by atoms with van der Waals surface area (Å²) in [5.41, 5.74) is -4.91. The average Bonchev–Trinajstić information content (AvgIpc) is 1.14. The summed E-state index contributed by atoms with van der Waals surface area (Å²) in [6, 6.07) is 0. The Morgan fingerprint density at radius 1 is 1.00 bits per heavy atom. The molecule has 0 saturated heterocycles. The van der Waals surface area contributed by atoms with E-state index in [1.165, 1.54) is 0 Å². The van der Waals surface area contributed by atoms with Crippen LogP contribution in [-0.2, 0) is 0 Å². The third-order valence-electron chi connectivity index (χ3n) is 0.265. The molecule has 1 radical (unpaired) electrons. The zero-order valence-corrected chi connectivity index (χ0v) is 4.82. The van der Waals surface area contributed by atoms with E-state index >= 15 is 0 Å². The van der Waals surface area contributed by atoms with Crippen molar-refractivity contribution in [1.82, 2.24) is 0 Å². The Balaban J connectivity index is 3.75. The first-order valence-electron chi connectivity index (χ1n) is 1.71. The minimum absolute atomic E-state index is 1.43. The van der Waals surface area contributed by atoms with E-state index in [-0.39, 0.29) is 0 Å². The Morgan fingerprint density at radius 3 is 1.33 bits per heavy atom. The molecule has 0 heterocycles. The van der Waals surface area contributed by atoms with Crippen molar-refractivity contribution in [1.29, 1.82) is 0 Å². The lowest BCUT2D eigenvalue weighted by Crippen LogP contribution is -2.13. The number of rotatable bonds is 1. The average molecular weight is 165 g/mol. The molecule has 6 heteroatoms. The van der Waals surface area contributed by atoms with E-state index in [0.29, 0.717) is 0 Å². The standard InChI is InChI=1S/C3H2F5S/c1-2(4,5)9-3(6,7)8/h1H2. The third kappa shape index (κ3) is 8.00. The molecule has 55 valence electrons. The van der Waals surface area contributed by atoms with Gasteiger partial charge in [0.05, 0.1) is 0 Å². The molecule has 0 aromatic rings. The lowest BCUT2D eigenvalue weighted by atomic mass is 10.9. The quantitative estimate of drug-likeness (QED) is 0.538. The van der Waals surface area contributed by atoms with Gasteiger partial charge in [0.25, 0.3) is 0 Å². The summed E-state index contributed by atoms with van der Waals surface area (Å²) in [4.78, 5) is 0. The second-order valence-corrected chi connectivity index (χ2v) is 2.45. The topological polar surface area (TPSA) is 0 Å². The summed E-state index contributed by atoms with van der Waals surface area (Å²) in [6.45, 7) is 1.97. The van der Waals surface area contributed by atoms with Gasteiger partial charge in [-0.1, -0.05) is 0 Å². The Kier molecular flexibility index (Phi) is 2.32. The van der Waals surface area contributed by atoms with Gasteiger partial charge >= 0.3 is 10.8 Å². The van der Waals surface area contributed by atoms with Crippen molar-refractivity contribution >= 4 is 11.8 Å². The maximum atomic E-state index is 11.4. The van der Waals surface area contributed by atoms with Crippen LogP contribution in [0.3, 0.4) is 0 Å². The molecule has 0 aliphatic rings. The van der Waals surface area contributed by atoms with E-state index in [1.54, 1.807) is 0 Å². The number of hydrogen-bond acceptors (Lipinski definition) is 1. The molecule has 0 amide bonds. The molecule has 0 aromatic heterocycles. The zero-order valence-electron chi connectivity index (χ0n) is 4.01. The van der Waals surface area contributed by atoms with Gasteiger partial charge in [0.15, 0.2) is 0 Å². The van der Waals surface area contributed by atoms with Gasteiger partial charge in [0.1, 0.15) is 0 Å². The summed E-state index contributed by atoms with van der Waals surface area (Å²) in [6.07, 6.45) is 0. The van der Waals surface area contributed by atoms with Crippen LogP contribution in [0.1, 0.15) is 0 Å². The summed E-state index contributed by atoms with van der Waals surface area (Å²) >= 11 is -1.43. The fourth-order valence-corrected chi connectivity index (χ4v) is 0.508. The highest BCUT2D eigenvalue weighted by atomic mass is 32.2. The highest BCUT2D eigenvalue weighted by Crippen LogP contribution is 2.41. The largest absolute Gasteiger partial charge is 0.447 e. The van der Waals surface area contributed by atoms with Crippen LogP contribution in [0.25, 0.3) is 0 Å². The summed E-state index contributed by atoms with van der Waals surface area (Å²) < 4.78 is 55.7. The Morgan fingerprint density at radius 2 is 1.33 bits per heavy atom. The Bertz CT molecular complexity index is 77.4. The lowest BCUT2D eigenvalue weighted by molar-refractivity contribution is -0.0388. The number of alkyl halides is 5. The molecule has 0 bridgehead atoms. The molecular formula is C3H2F5S. The first-order chi connectivity index (χ1) is 3.71. The SMILES string of the molecule is [CH2]C(F)(F)SC(F)(F)F. The molecule has 0 nitrogen and oxygen atoms in total. The van der Waals surface area contributed by atoms with Crippen LogP contribution in [0.15, 0.2) is 0 Å². The van der Waals surface area contributed by atoms with E-state index in [9.17, 15) is 22.0 Å². The molecular weight excluding hydrogens is 163 g/mol. The van der Waals surface area contributed by atoms with Crippen molar-refractivity contribution in [2.45, 2.75) is 10.8 Å². The predicted molar refractivity (Wildman–Crippen MR) is 23.9 cm³/mol. The van der Waals surface area contributed by atoms with Crippen molar-refractivity contribution in [3.05, 3.63) is 6.92 Å². The molecule has 0 N–H and O–H groups in total. The summed E-state index contributed by atoms with van der Waals surface area (Å²) in [7, 11) is 0. The fourth-order valence-electron chi connectivity index (χ4n) is 0.169. The number of thioether (sulfide) groups is 1. The first kappa shape index (κ1) is 9.00. The highest BCUT2D eigenvalue weighted by Gasteiger charge is 2.41. The van der Waals surface area contributed by atoms with Gasteiger partial charge in [-0.05, 0) is 0 Å². The number of hydrogen-bond donors (Lipinski definition) is 0. The van der Waals surface area contributed by atoms with Crippen LogP contribution in [-0.4, -0.2) is 10.8 Å². The molecule has 0 aliphatic carbocycles. The van der Waals surface area contributed by atoms with Gasteiger partial charge in [-0.15, -0.1) is 0 Å². The van der Waals surface area contributed by atoms with Gasteiger partial charge in [-0.25, -0.2) is 0 Å². The first-order valence-corrected chi connectivity index (χ1v) is 2.52. The van der Waals surface area contributed by atoms with E-state index < -0.39 is 22.5 Å². The lowest BCUT2D eigenvalue weighted by Gasteiger charge is -2.10. The van der Waals surface area contributed by atoms with Crippen molar-refractivity contribution in [3.63, 3.8) is 0 Å². The molecule has 0 unspecified atom stereocenters. The second-order valence-electron chi connectivity index (χ2n) is 1.19. The normalized spacial score (nSPS) is 14.0. The van der Waals surface area contributed by atoms with E-state index in [2.05, 4.69) is 0 Å². The third-order valence-corrected chi connectivity index (χ3v) is 0.795. The number of halogens is 5. The summed E-state index contributed by atoms with van der Waals surface area (Å²) in [5, 5.41) is -3.97. The molecule has 9 heavy (non-hydrogen) atoms. The molecule has 0 rings (SSSR count). The molecule has 0 spiro atoms. The Labute approximate surface area is 52.4 Å². The maximum Gasteiger partial charge on any atom is 0.447 e. The van der Waals surface area contributed by atoms with Gasteiger partial charge in [-0.2, -0.15) is 22.0 Å². The van der Waals surface area contributed by atoms with Crippen molar-refractivity contribution in [3.8, 4) is 0 Å². The van der Waals surface area contributed by atoms with Crippen LogP contribution in [0.5, 0.6) is 0 Å². The van der Waals surface area contributed by atoms with E-state index in [4.69, 9.17) is 0 Å². The zero-order chi connectivity index (χ0) is 7.71. The van der Waals surface area contributed by atoms with Crippen molar-refractivity contribution in [2.24, 2.45) is 0 Å². The van der Waals surface area contributed by atoms with Crippen LogP contribution in [0.2, 0.25) is 0 Å². The maximum absolute atomic E-state index is 11.4. The minimum Gasteiger partial charge on any atom is -0.194 e. The van der Waals surface area contributed by atoms with Crippen molar-refractivity contribution < 1.29 is 22.0 Å². The molecule has 0 atom stereocenters. The summed E-state index contributed by atoms with van der Waals surface area (Å²) in [5.74, 6) is 0. The molecule has 0 saturated carbocycles. The van der Waals surface area contributed by atoms with Crippen LogP contribution in [0.4, 0.5) is 22.0 Å². The molecule has 0 aromatic carbocycles. The van der Waals surface area contributed by atoms with Crippen molar-refractivity contribution in [2.75, 3.05) is 0 Å².